The van der Waals surface area contributed by atoms with Gasteiger partial charge in [-0.15, -0.1) is 0 Å². The molecule has 0 aliphatic rings. The maximum absolute atomic E-state index is 12.2. The summed E-state index contributed by atoms with van der Waals surface area (Å²) >= 11 is 9.12. The lowest BCUT2D eigenvalue weighted by atomic mass is 10.2. The second-order valence-corrected chi connectivity index (χ2v) is 5.67. The fourth-order valence-electron chi connectivity index (χ4n) is 1.91. The number of amides is 1. The van der Waals surface area contributed by atoms with Gasteiger partial charge in [0, 0.05) is 22.9 Å². The lowest BCUT2D eigenvalue weighted by Crippen LogP contribution is -2.16. The molecule has 7 heteroatoms. The standard InChI is InChI=1S/C14H12BrClN2O3/c1-2-18-7-10(16)6-12(18)13(19)17-11-4-8(14(20)21)3-9(15)5-11/h3-7H,2H2,1H3,(H,17,19)(H,20,21). The number of carboxylic acids is 1. The van der Waals surface area contributed by atoms with Gasteiger partial charge in [0.25, 0.3) is 5.91 Å². The molecule has 110 valence electrons. The Labute approximate surface area is 134 Å². The Morgan fingerprint density at radius 1 is 1.33 bits per heavy atom. The molecular formula is C14H12BrClN2O3. The monoisotopic (exact) mass is 370 g/mol. The van der Waals surface area contributed by atoms with Crippen LogP contribution < -0.4 is 5.32 Å². The van der Waals surface area contributed by atoms with Gasteiger partial charge in [0.15, 0.2) is 0 Å². The van der Waals surface area contributed by atoms with Crippen LogP contribution in [-0.2, 0) is 6.54 Å². The molecule has 0 saturated heterocycles. The molecule has 1 aromatic heterocycles. The first kappa shape index (κ1) is 15.6. The summed E-state index contributed by atoms with van der Waals surface area (Å²) in [6.45, 7) is 2.50. The largest absolute Gasteiger partial charge is 0.478 e. The number of aromatic nitrogens is 1. The topological polar surface area (TPSA) is 71.3 Å². The van der Waals surface area contributed by atoms with Crippen LogP contribution in [0.5, 0.6) is 0 Å². The van der Waals surface area contributed by atoms with Crippen LogP contribution in [0.1, 0.15) is 27.8 Å². The number of hydrogen-bond acceptors (Lipinski definition) is 2. The van der Waals surface area contributed by atoms with Crippen molar-refractivity contribution in [1.82, 2.24) is 4.57 Å². The van der Waals surface area contributed by atoms with Crippen molar-refractivity contribution in [3.05, 3.63) is 51.2 Å². The third kappa shape index (κ3) is 3.65. The maximum Gasteiger partial charge on any atom is 0.335 e. The fraction of sp³-hybridized carbons (Fsp3) is 0.143. The van der Waals surface area contributed by atoms with Gasteiger partial charge in [0.1, 0.15) is 5.69 Å². The molecule has 1 aromatic carbocycles. The minimum absolute atomic E-state index is 0.0866. The van der Waals surface area contributed by atoms with E-state index in [2.05, 4.69) is 21.2 Å². The molecule has 5 nitrogen and oxygen atoms in total. The van der Waals surface area contributed by atoms with Gasteiger partial charge >= 0.3 is 5.97 Å². The summed E-state index contributed by atoms with van der Waals surface area (Å²) in [5.41, 5.74) is 0.898. The molecule has 2 rings (SSSR count). The molecule has 0 atom stereocenters. The van der Waals surface area contributed by atoms with Crippen molar-refractivity contribution in [3.8, 4) is 0 Å². The lowest BCUT2D eigenvalue weighted by molar-refractivity contribution is 0.0696. The summed E-state index contributed by atoms with van der Waals surface area (Å²) in [5, 5.41) is 12.2. The average molecular weight is 372 g/mol. The fourth-order valence-corrected chi connectivity index (χ4v) is 2.62. The Hall–Kier alpha value is -1.79. The Balaban J connectivity index is 2.29. The first-order valence-electron chi connectivity index (χ1n) is 6.11. The quantitative estimate of drug-likeness (QED) is 0.857. The normalized spacial score (nSPS) is 10.4. The number of carbonyl (C=O) groups is 2. The number of aryl methyl sites for hydroxylation is 1. The molecule has 1 heterocycles. The van der Waals surface area contributed by atoms with Crippen LogP contribution in [0, 0.1) is 0 Å². The molecular weight excluding hydrogens is 360 g/mol. The summed E-state index contributed by atoms with van der Waals surface area (Å²) in [6, 6.07) is 6.05. The van der Waals surface area contributed by atoms with Crippen LogP contribution in [0.3, 0.4) is 0 Å². The number of carboxylic acid groups (broad SMARTS) is 1. The number of halogens is 2. The van der Waals surface area contributed by atoms with E-state index in [0.29, 0.717) is 27.4 Å². The zero-order valence-electron chi connectivity index (χ0n) is 11.1. The molecule has 0 aliphatic carbocycles. The van der Waals surface area contributed by atoms with Crippen molar-refractivity contribution in [2.24, 2.45) is 0 Å². The molecule has 0 bridgehead atoms. The van der Waals surface area contributed by atoms with Gasteiger partial charge in [-0.25, -0.2) is 4.79 Å². The molecule has 0 radical (unpaired) electrons. The number of hydrogen-bond donors (Lipinski definition) is 2. The van der Waals surface area contributed by atoms with E-state index in [1.165, 1.54) is 12.1 Å². The number of aromatic carboxylic acids is 1. The first-order valence-corrected chi connectivity index (χ1v) is 7.28. The molecule has 1 amide bonds. The van der Waals surface area contributed by atoms with Crippen molar-refractivity contribution >= 4 is 45.1 Å². The summed E-state index contributed by atoms with van der Waals surface area (Å²) in [5.74, 6) is -1.41. The van der Waals surface area contributed by atoms with Gasteiger partial charge in [-0.3, -0.25) is 4.79 Å². The zero-order valence-corrected chi connectivity index (χ0v) is 13.4. The number of benzene rings is 1. The maximum atomic E-state index is 12.2. The van der Waals surface area contributed by atoms with Gasteiger partial charge in [-0.05, 0) is 31.2 Å². The molecule has 0 saturated carbocycles. The van der Waals surface area contributed by atoms with Gasteiger partial charge in [-0.2, -0.15) is 0 Å². The highest BCUT2D eigenvalue weighted by Gasteiger charge is 2.14. The Morgan fingerprint density at radius 3 is 2.67 bits per heavy atom. The number of rotatable bonds is 4. The van der Waals surface area contributed by atoms with Crippen LogP contribution in [0.15, 0.2) is 34.9 Å². The van der Waals surface area contributed by atoms with E-state index in [4.69, 9.17) is 16.7 Å². The second-order valence-electron chi connectivity index (χ2n) is 4.32. The molecule has 0 spiro atoms. The number of anilines is 1. The van der Waals surface area contributed by atoms with Crippen LogP contribution in [0.2, 0.25) is 5.02 Å². The van der Waals surface area contributed by atoms with E-state index in [9.17, 15) is 9.59 Å². The Bertz CT molecular complexity index is 712. The SMILES string of the molecule is CCn1cc(Cl)cc1C(=O)Nc1cc(Br)cc(C(=O)O)c1. The highest BCUT2D eigenvalue weighted by Crippen LogP contribution is 2.21. The number of nitrogens with one attached hydrogen (secondary N) is 1. The molecule has 2 aromatic rings. The van der Waals surface area contributed by atoms with Crippen LogP contribution >= 0.6 is 27.5 Å². The van der Waals surface area contributed by atoms with E-state index in [1.807, 2.05) is 6.92 Å². The van der Waals surface area contributed by atoms with Crippen LogP contribution in [0.4, 0.5) is 5.69 Å². The molecule has 2 N–H and O–H groups in total. The van der Waals surface area contributed by atoms with Gasteiger partial charge in [0.2, 0.25) is 0 Å². The smallest absolute Gasteiger partial charge is 0.335 e. The first-order chi connectivity index (χ1) is 9.90. The molecule has 0 fully saturated rings. The van der Waals surface area contributed by atoms with Gasteiger partial charge < -0.3 is 15.0 Å². The third-order valence-corrected chi connectivity index (χ3v) is 3.50. The van der Waals surface area contributed by atoms with Gasteiger partial charge in [0.05, 0.1) is 10.6 Å². The van der Waals surface area contributed by atoms with Crippen molar-refractivity contribution < 1.29 is 14.7 Å². The predicted molar refractivity (Wildman–Crippen MR) is 84.2 cm³/mol. The Morgan fingerprint density at radius 2 is 2.05 bits per heavy atom. The van der Waals surface area contributed by atoms with Crippen LogP contribution in [0.25, 0.3) is 0 Å². The van der Waals surface area contributed by atoms with Crippen molar-refractivity contribution in [3.63, 3.8) is 0 Å². The van der Waals surface area contributed by atoms with E-state index in [0.717, 1.165) is 0 Å². The predicted octanol–water partition coefficient (Wildman–Crippen LogP) is 3.87. The van der Waals surface area contributed by atoms with E-state index in [-0.39, 0.29) is 11.5 Å². The number of nitrogens with zero attached hydrogens (tertiary/aromatic N) is 1. The molecule has 21 heavy (non-hydrogen) atoms. The summed E-state index contributed by atoms with van der Waals surface area (Å²) in [6.07, 6.45) is 1.67. The highest BCUT2D eigenvalue weighted by molar-refractivity contribution is 9.10. The third-order valence-electron chi connectivity index (χ3n) is 2.84. The molecule has 0 aliphatic heterocycles. The summed E-state index contributed by atoms with van der Waals surface area (Å²) < 4.78 is 2.29. The van der Waals surface area contributed by atoms with Gasteiger partial charge in [-0.1, -0.05) is 27.5 Å². The van der Waals surface area contributed by atoms with Crippen molar-refractivity contribution in [2.75, 3.05) is 5.32 Å². The number of carbonyl (C=O) groups excluding carboxylic acids is 1. The second kappa shape index (κ2) is 6.32. The van der Waals surface area contributed by atoms with E-state index < -0.39 is 5.97 Å². The highest BCUT2D eigenvalue weighted by atomic mass is 79.9. The lowest BCUT2D eigenvalue weighted by Gasteiger charge is -2.09. The molecule has 0 unspecified atom stereocenters. The van der Waals surface area contributed by atoms with Crippen molar-refractivity contribution in [1.29, 1.82) is 0 Å². The summed E-state index contributed by atoms with van der Waals surface area (Å²) in [7, 11) is 0. The van der Waals surface area contributed by atoms with Crippen molar-refractivity contribution in [2.45, 2.75) is 13.5 Å². The summed E-state index contributed by atoms with van der Waals surface area (Å²) in [4.78, 5) is 23.3. The Kier molecular flexibility index (Phi) is 4.69. The minimum Gasteiger partial charge on any atom is -0.478 e. The van der Waals surface area contributed by atoms with E-state index >= 15 is 0 Å². The van der Waals surface area contributed by atoms with Crippen LogP contribution in [-0.4, -0.2) is 21.6 Å². The average Bonchev–Trinajstić information content (AvgIpc) is 2.79. The minimum atomic E-state index is -1.06. The van der Waals surface area contributed by atoms with E-state index in [1.54, 1.807) is 22.9 Å². The zero-order chi connectivity index (χ0) is 15.6.